The Labute approximate surface area is 138 Å². The van der Waals surface area contributed by atoms with Gasteiger partial charge in [0.05, 0.1) is 5.69 Å². The van der Waals surface area contributed by atoms with E-state index < -0.39 is 0 Å². The summed E-state index contributed by atoms with van der Waals surface area (Å²) in [6.07, 6.45) is 2.24. The summed E-state index contributed by atoms with van der Waals surface area (Å²) >= 11 is 0. The predicted molar refractivity (Wildman–Crippen MR) is 95.2 cm³/mol. The van der Waals surface area contributed by atoms with Crippen LogP contribution in [0.5, 0.6) is 5.75 Å². The van der Waals surface area contributed by atoms with Crippen molar-refractivity contribution in [2.75, 3.05) is 30.4 Å². The number of hydrogen-bond acceptors (Lipinski definition) is 3. The molecule has 0 saturated carbocycles. The first kappa shape index (κ1) is 16.9. The van der Waals surface area contributed by atoms with E-state index in [1.165, 1.54) is 0 Å². The van der Waals surface area contributed by atoms with Crippen LogP contribution in [0.2, 0.25) is 0 Å². The molecular weight excluding hydrogens is 288 g/mol. The molecule has 0 atom stereocenters. The molecule has 1 N–H and O–H groups in total. The number of anilines is 2. The highest BCUT2D eigenvalue weighted by Gasteiger charge is 2.12. The summed E-state index contributed by atoms with van der Waals surface area (Å²) in [5, 5.41) is 3.35. The summed E-state index contributed by atoms with van der Waals surface area (Å²) in [6, 6.07) is 17.3. The highest BCUT2D eigenvalue weighted by atomic mass is 16.5. The lowest BCUT2D eigenvalue weighted by atomic mass is 10.2. The molecule has 122 valence electrons. The number of benzene rings is 2. The molecule has 0 aromatic heterocycles. The molecule has 4 nitrogen and oxygen atoms in total. The monoisotopic (exact) mass is 312 g/mol. The Hall–Kier alpha value is -2.49. The number of unbranched alkanes of at least 4 members (excludes halogenated alkanes) is 1. The molecule has 23 heavy (non-hydrogen) atoms. The molecule has 0 saturated heterocycles. The minimum absolute atomic E-state index is 0.0118. The molecule has 0 radical (unpaired) electrons. The molecule has 0 unspecified atom stereocenters. The molecule has 0 aliphatic heterocycles. The second kappa shape index (κ2) is 8.83. The van der Waals surface area contributed by atoms with E-state index in [4.69, 9.17) is 4.74 Å². The third-order valence-electron chi connectivity index (χ3n) is 3.60. The third-order valence-corrected chi connectivity index (χ3v) is 3.60. The van der Waals surface area contributed by atoms with Crippen LogP contribution >= 0.6 is 0 Å². The Kier molecular flexibility index (Phi) is 6.48. The minimum Gasteiger partial charge on any atom is -0.482 e. The fraction of sp³-hybridized carbons (Fsp3) is 0.316. The quantitative estimate of drug-likeness (QED) is 0.751. The maximum atomic E-state index is 12.3. The second-order valence-electron chi connectivity index (χ2n) is 5.35. The number of nitrogens with zero attached hydrogens (tertiary/aromatic N) is 1. The van der Waals surface area contributed by atoms with Gasteiger partial charge in [0.15, 0.2) is 6.61 Å². The standard InChI is InChI=1S/C19H24N2O2/c1-3-4-14-20-17-12-8-9-13-18(17)23-15-19(22)21(2)16-10-6-5-7-11-16/h5-13,20H,3-4,14-15H2,1-2H3. The molecule has 0 spiro atoms. The van der Waals surface area contributed by atoms with Crippen LogP contribution in [-0.4, -0.2) is 26.1 Å². The Morgan fingerprint density at radius 2 is 1.78 bits per heavy atom. The fourth-order valence-corrected chi connectivity index (χ4v) is 2.17. The predicted octanol–water partition coefficient (Wildman–Crippen LogP) is 3.94. The summed E-state index contributed by atoms with van der Waals surface area (Å²) in [4.78, 5) is 13.9. The molecule has 0 bridgehead atoms. The van der Waals surface area contributed by atoms with Gasteiger partial charge in [0.1, 0.15) is 5.75 Å². The van der Waals surface area contributed by atoms with E-state index in [1.54, 1.807) is 11.9 Å². The lowest BCUT2D eigenvalue weighted by Gasteiger charge is -2.18. The number of carbonyl (C=O) groups excluding carboxylic acids is 1. The van der Waals surface area contributed by atoms with E-state index in [2.05, 4.69) is 12.2 Å². The first-order valence-electron chi connectivity index (χ1n) is 7.99. The SMILES string of the molecule is CCCCNc1ccccc1OCC(=O)N(C)c1ccccc1. The van der Waals surface area contributed by atoms with E-state index >= 15 is 0 Å². The highest BCUT2D eigenvalue weighted by Crippen LogP contribution is 2.24. The van der Waals surface area contributed by atoms with Gasteiger partial charge in [-0.2, -0.15) is 0 Å². The van der Waals surface area contributed by atoms with E-state index in [-0.39, 0.29) is 12.5 Å². The van der Waals surface area contributed by atoms with Crippen LogP contribution in [0.3, 0.4) is 0 Å². The van der Waals surface area contributed by atoms with Gasteiger partial charge in [-0.1, -0.05) is 43.7 Å². The molecule has 2 aromatic carbocycles. The van der Waals surface area contributed by atoms with E-state index in [0.29, 0.717) is 5.75 Å². The normalized spacial score (nSPS) is 10.2. The number of carbonyl (C=O) groups is 1. The van der Waals surface area contributed by atoms with Crippen LogP contribution in [0.1, 0.15) is 19.8 Å². The number of para-hydroxylation sites is 3. The van der Waals surface area contributed by atoms with Gasteiger partial charge in [-0.05, 0) is 30.7 Å². The van der Waals surface area contributed by atoms with Crippen LogP contribution in [0.15, 0.2) is 54.6 Å². The first-order valence-corrected chi connectivity index (χ1v) is 7.99. The van der Waals surface area contributed by atoms with Crippen molar-refractivity contribution >= 4 is 17.3 Å². The van der Waals surface area contributed by atoms with Crippen molar-refractivity contribution in [1.82, 2.24) is 0 Å². The van der Waals surface area contributed by atoms with E-state index in [0.717, 1.165) is 30.8 Å². The molecule has 4 heteroatoms. The van der Waals surface area contributed by atoms with Crippen molar-refractivity contribution in [2.45, 2.75) is 19.8 Å². The number of amides is 1. The lowest BCUT2D eigenvalue weighted by Crippen LogP contribution is -2.31. The molecule has 2 rings (SSSR count). The maximum absolute atomic E-state index is 12.3. The van der Waals surface area contributed by atoms with Gasteiger partial charge in [-0.3, -0.25) is 4.79 Å². The summed E-state index contributed by atoms with van der Waals surface area (Å²) < 4.78 is 5.72. The zero-order valence-corrected chi connectivity index (χ0v) is 13.8. The molecule has 0 aliphatic carbocycles. The van der Waals surface area contributed by atoms with Crippen molar-refractivity contribution in [2.24, 2.45) is 0 Å². The maximum Gasteiger partial charge on any atom is 0.264 e. The molecule has 0 heterocycles. The van der Waals surface area contributed by atoms with Gasteiger partial charge < -0.3 is 15.0 Å². The Balaban J connectivity index is 1.94. The van der Waals surface area contributed by atoms with Crippen LogP contribution in [0, 0.1) is 0 Å². The number of hydrogen-bond donors (Lipinski definition) is 1. The van der Waals surface area contributed by atoms with Gasteiger partial charge in [-0.15, -0.1) is 0 Å². The van der Waals surface area contributed by atoms with E-state index in [9.17, 15) is 4.79 Å². The van der Waals surface area contributed by atoms with Crippen LogP contribution in [-0.2, 0) is 4.79 Å². The Morgan fingerprint density at radius 1 is 1.09 bits per heavy atom. The second-order valence-corrected chi connectivity index (χ2v) is 5.35. The van der Waals surface area contributed by atoms with Crippen LogP contribution in [0.25, 0.3) is 0 Å². The van der Waals surface area contributed by atoms with E-state index in [1.807, 2.05) is 54.6 Å². The zero-order valence-electron chi connectivity index (χ0n) is 13.8. The molecule has 0 fully saturated rings. The summed E-state index contributed by atoms with van der Waals surface area (Å²) in [5.41, 5.74) is 1.78. The number of likely N-dealkylation sites (N-methyl/N-ethyl adjacent to an activating group) is 1. The number of ether oxygens (including phenoxy) is 1. The van der Waals surface area contributed by atoms with Crippen molar-refractivity contribution < 1.29 is 9.53 Å². The lowest BCUT2D eigenvalue weighted by molar-refractivity contribution is -0.120. The summed E-state index contributed by atoms with van der Waals surface area (Å²) in [5.74, 6) is 0.623. The number of rotatable bonds is 8. The molecule has 0 aliphatic rings. The summed E-state index contributed by atoms with van der Waals surface area (Å²) in [6.45, 7) is 3.06. The van der Waals surface area contributed by atoms with Gasteiger partial charge in [0.2, 0.25) is 0 Å². The van der Waals surface area contributed by atoms with Crippen molar-refractivity contribution in [3.63, 3.8) is 0 Å². The van der Waals surface area contributed by atoms with Crippen molar-refractivity contribution in [1.29, 1.82) is 0 Å². The average molecular weight is 312 g/mol. The van der Waals surface area contributed by atoms with Crippen molar-refractivity contribution in [3.05, 3.63) is 54.6 Å². The third kappa shape index (κ3) is 5.02. The highest BCUT2D eigenvalue weighted by molar-refractivity contribution is 5.93. The Bertz CT molecular complexity index is 614. The molecular formula is C19H24N2O2. The van der Waals surface area contributed by atoms with Gasteiger partial charge in [-0.25, -0.2) is 0 Å². The van der Waals surface area contributed by atoms with Gasteiger partial charge in [0, 0.05) is 19.3 Å². The van der Waals surface area contributed by atoms with Gasteiger partial charge in [0.25, 0.3) is 5.91 Å². The van der Waals surface area contributed by atoms with Crippen LogP contribution < -0.4 is 15.0 Å². The fourth-order valence-electron chi connectivity index (χ4n) is 2.17. The number of nitrogens with one attached hydrogen (secondary N) is 1. The van der Waals surface area contributed by atoms with Crippen molar-refractivity contribution in [3.8, 4) is 5.75 Å². The Morgan fingerprint density at radius 3 is 2.52 bits per heavy atom. The molecule has 2 aromatic rings. The smallest absolute Gasteiger partial charge is 0.264 e. The largest absolute Gasteiger partial charge is 0.482 e. The molecule has 1 amide bonds. The average Bonchev–Trinajstić information content (AvgIpc) is 2.61. The minimum atomic E-state index is -0.0837. The van der Waals surface area contributed by atoms with Crippen LogP contribution in [0.4, 0.5) is 11.4 Å². The summed E-state index contributed by atoms with van der Waals surface area (Å²) in [7, 11) is 1.76. The zero-order chi connectivity index (χ0) is 16.5. The first-order chi connectivity index (χ1) is 11.2. The topological polar surface area (TPSA) is 41.6 Å². The van der Waals surface area contributed by atoms with Gasteiger partial charge >= 0.3 is 0 Å².